The van der Waals surface area contributed by atoms with Gasteiger partial charge in [0.2, 0.25) is 0 Å². The first-order valence-corrected chi connectivity index (χ1v) is 5.97. The summed E-state index contributed by atoms with van der Waals surface area (Å²) in [7, 11) is 0. The van der Waals surface area contributed by atoms with E-state index in [1.165, 1.54) is 0 Å². The van der Waals surface area contributed by atoms with Crippen LogP contribution in [-0.2, 0) is 11.2 Å². The van der Waals surface area contributed by atoms with Crippen molar-refractivity contribution < 1.29 is 14.3 Å². The first-order valence-electron chi connectivity index (χ1n) is 5.17. The molecule has 1 aromatic carbocycles. The molecule has 1 aromatic heterocycles. The fraction of sp³-hybridized carbons (Fsp3) is 0.154. The van der Waals surface area contributed by atoms with Gasteiger partial charge in [0.1, 0.15) is 5.76 Å². The van der Waals surface area contributed by atoms with E-state index in [1.807, 2.05) is 24.3 Å². The number of hydrogen-bond donors (Lipinski definition) is 1. The molecule has 17 heavy (non-hydrogen) atoms. The third kappa shape index (κ3) is 2.97. The Hall–Kier alpha value is -1.55. The van der Waals surface area contributed by atoms with Gasteiger partial charge in [0, 0.05) is 10.9 Å². The fourth-order valence-corrected chi connectivity index (χ4v) is 1.94. The quantitative estimate of drug-likeness (QED) is 0.939. The summed E-state index contributed by atoms with van der Waals surface area (Å²) in [5, 5.41) is 9.24. The maximum atomic E-state index is 11.3. The van der Waals surface area contributed by atoms with E-state index in [4.69, 9.17) is 4.42 Å². The molecule has 88 valence electrons. The molecule has 0 radical (unpaired) electrons. The van der Waals surface area contributed by atoms with Crippen LogP contribution in [0.5, 0.6) is 0 Å². The molecule has 0 saturated heterocycles. The lowest BCUT2D eigenvalue weighted by atomic mass is 9.95. The van der Waals surface area contributed by atoms with Gasteiger partial charge in [0.15, 0.2) is 0 Å². The van der Waals surface area contributed by atoms with E-state index < -0.39 is 11.9 Å². The van der Waals surface area contributed by atoms with Gasteiger partial charge in [-0.15, -0.1) is 0 Å². The first-order chi connectivity index (χ1) is 8.16. The summed E-state index contributed by atoms with van der Waals surface area (Å²) in [6, 6.07) is 10.9. The maximum absolute atomic E-state index is 11.3. The van der Waals surface area contributed by atoms with Crippen LogP contribution in [0.2, 0.25) is 0 Å². The topological polar surface area (TPSA) is 50.4 Å². The van der Waals surface area contributed by atoms with Crippen LogP contribution in [0.3, 0.4) is 0 Å². The van der Waals surface area contributed by atoms with E-state index in [2.05, 4.69) is 15.9 Å². The van der Waals surface area contributed by atoms with E-state index in [9.17, 15) is 9.90 Å². The molecule has 0 bridgehead atoms. The number of carboxylic acids is 1. The number of hydrogen-bond acceptors (Lipinski definition) is 2. The Labute approximate surface area is 107 Å². The van der Waals surface area contributed by atoms with Crippen molar-refractivity contribution in [2.75, 3.05) is 0 Å². The summed E-state index contributed by atoms with van der Waals surface area (Å²) in [4.78, 5) is 11.3. The molecule has 0 aliphatic rings. The number of carboxylic acid groups (broad SMARTS) is 1. The highest BCUT2D eigenvalue weighted by atomic mass is 79.9. The highest BCUT2D eigenvalue weighted by Crippen LogP contribution is 2.23. The number of carbonyl (C=O) groups is 1. The molecular formula is C13H11BrO3. The van der Waals surface area contributed by atoms with Gasteiger partial charge in [0.25, 0.3) is 0 Å². The summed E-state index contributed by atoms with van der Waals surface area (Å²) < 4.78 is 6.12. The molecule has 1 unspecified atom stereocenters. The van der Waals surface area contributed by atoms with Crippen LogP contribution in [0, 0.1) is 0 Å². The number of rotatable bonds is 4. The zero-order valence-corrected chi connectivity index (χ0v) is 10.6. The van der Waals surface area contributed by atoms with E-state index >= 15 is 0 Å². The van der Waals surface area contributed by atoms with Crippen molar-refractivity contribution in [3.8, 4) is 0 Å². The maximum Gasteiger partial charge on any atom is 0.311 e. The van der Waals surface area contributed by atoms with Gasteiger partial charge in [-0.3, -0.25) is 4.79 Å². The molecule has 0 amide bonds. The van der Waals surface area contributed by atoms with Crippen molar-refractivity contribution in [1.82, 2.24) is 0 Å². The lowest BCUT2D eigenvalue weighted by molar-refractivity contribution is -0.138. The van der Waals surface area contributed by atoms with Crippen molar-refractivity contribution in [2.45, 2.75) is 12.3 Å². The Kier molecular flexibility index (Phi) is 3.64. The van der Waals surface area contributed by atoms with Crippen LogP contribution < -0.4 is 0 Å². The molecule has 2 rings (SSSR count). The number of furan rings is 1. The smallest absolute Gasteiger partial charge is 0.311 e. The van der Waals surface area contributed by atoms with Crippen LogP contribution >= 0.6 is 15.9 Å². The molecule has 0 aliphatic heterocycles. The predicted octanol–water partition coefficient (Wildman–Crippen LogP) is 3.45. The molecule has 0 fully saturated rings. The van der Waals surface area contributed by atoms with Gasteiger partial charge in [-0.1, -0.05) is 28.1 Å². The van der Waals surface area contributed by atoms with E-state index in [0.29, 0.717) is 12.2 Å². The largest absolute Gasteiger partial charge is 0.481 e. The fourth-order valence-electron chi connectivity index (χ4n) is 1.67. The average Bonchev–Trinajstić information content (AvgIpc) is 2.80. The summed E-state index contributed by atoms with van der Waals surface area (Å²) >= 11 is 3.33. The van der Waals surface area contributed by atoms with Gasteiger partial charge < -0.3 is 9.52 Å². The highest BCUT2D eigenvalue weighted by molar-refractivity contribution is 9.10. The third-order valence-electron chi connectivity index (χ3n) is 2.56. The molecule has 0 aliphatic carbocycles. The second-order valence-electron chi connectivity index (χ2n) is 3.73. The summed E-state index contributed by atoms with van der Waals surface area (Å²) in [6.45, 7) is 0. The molecular weight excluding hydrogens is 284 g/mol. The Morgan fingerprint density at radius 1 is 1.29 bits per heavy atom. The molecule has 0 saturated carbocycles. The van der Waals surface area contributed by atoms with Crippen LogP contribution in [0.4, 0.5) is 0 Å². The van der Waals surface area contributed by atoms with Crippen molar-refractivity contribution in [3.05, 3.63) is 58.5 Å². The molecule has 4 heteroatoms. The monoisotopic (exact) mass is 294 g/mol. The molecule has 1 atom stereocenters. The lowest BCUT2D eigenvalue weighted by Gasteiger charge is -2.11. The number of aliphatic carboxylic acids is 1. The minimum atomic E-state index is -0.844. The van der Waals surface area contributed by atoms with Gasteiger partial charge in [-0.25, -0.2) is 0 Å². The summed E-state index contributed by atoms with van der Waals surface area (Å²) in [6.07, 6.45) is 1.92. The first kappa shape index (κ1) is 11.9. The van der Waals surface area contributed by atoms with Gasteiger partial charge in [0.05, 0.1) is 12.2 Å². The third-order valence-corrected chi connectivity index (χ3v) is 3.08. The predicted molar refractivity (Wildman–Crippen MR) is 66.9 cm³/mol. The Balaban J connectivity index is 2.23. The van der Waals surface area contributed by atoms with Crippen molar-refractivity contribution in [2.24, 2.45) is 0 Å². The average molecular weight is 295 g/mol. The zero-order chi connectivity index (χ0) is 12.3. The lowest BCUT2D eigenvalue weighted by Crippen LogP contribution is -2.14. The molecule has 0 spiro atoms. The Morgan fingerprint density at radius 3 is 2.53 bits per heavy atom. The van der Waals surface area contributed by atoms with Crippen molar-refractivity contribution in [3.63, 3.8) is 0 Å². The minimum absolute atomic E-state index is 0.365. The highest BCUT2D eigenvalue weighted by Gasteiger charge is 2.21. The number of benzene rings is 1. The minimum Gasteiger partial charge on any atom is -0.481 e. The summed E-state index contributed by atoms with van der Waals surface area (Å²) in [5.74, 6) is -0.738. The van der Waals surface area contributed by atoms with Gasteiger partial charge in [-0.2, -0.15) is 0 Å². The van der Waals surface area contributed by atoms with E-state index in [0.717, 1.165) is 10.0 Å². The van der Waals surface area contributed by atoms with Crippen LogP contribution in [-0.4, -0.2) is 11.1 Å². The van der Waals surface area contributed by atoms with Crippen molar-refractivity contribution >= 4 is 21.9 Å². The van der Waals surface area contributed by atoms with E-state index in [1.54, 1.807) is 18.4 Å². The second kappa shape index (κ2) is 5.19. The van der Waals surface area contributed by atoms with Crippen LogP contribution in [0.1, 0.15) is 17.2 Å². The zero-order valence-electron chi connectivity index (χ0n) is 8.97. The van der Waals surface area contributed by atoms with Gasteiger partial charge >= 0.3 is 5.97 Å². The molecule has 1 heterocycles. The Bertz CT molecular complexity index is 488. The van der Waals surface area contributed by atoms with Crippen LogP contribution in [0.25, 0.3) is 0 Å². The summed E-state index contributed by atoms with van der Waals surface area (Å²) in [5.41, 5.74) is 0.775. The van der Waals surface area contributed by atoms with Crippen molar-refractivity contribution in [1.29, 1.82) is 0 Å². The second-order valence-corrected chi connectivity index (χ2v) is 4.64. The standard InChI is InChI=1S/C13H11BrO3/c14-10-5-3-9(4-6-10)12(13(15)16)8-11-2-1-7-17-11/h1-7,12H,8H2,(H,15,16). The van der Waals surface area contributed by atoms with Crippen LogP contribution in [0.15, 0.2) is 51.6 Å². The van der Waals surface area contributed by atoms with E-state index in [-0.39, 0.29) is 0 Å². The normalized spacial score (nSPS) is 12.3. The molecule has 3 nitrogen and oxygen atoms in total. The Morgan fingerprint density at radius 2 is 2.00 bits per heavy atom. The number of halogens is 1. The SMILES string of the molecule is O=C(O)C(Cc1ccco1)c1ccc(Br)cc1. The molecule has 1 N–H and O–H groups in total. The molecule has 2 aromatic rings. The van der Waals surface area contributed by atoms with Gasteiger partial charge in [-0.05, 0) is 29.8 Å².